The van der Waals surface area contributed by atoms with Gasteiger partial charge in [-0.1, -0.05) is 15.9 Å². The lowest BCUT2D eigenvalue weighted by Crippen LogP contribution is -2.14. The van der Waals surface area contributed by atoms with E-state index in [-0.39, 0.29) is 11.8 Å². The Bertz CT molecular complexity index is 357. The van der Waals surface area contributed by atoms with Gasteiger partial charge in [-0.15, -0.1) is 0 Å². The maximum absolute atomic E-state index is 9.63. The lowest BCUT2D eigenvalue weighted by molar-refractivity contribution is 0.133. The molecule has 6 heteroatoms. The average molecular weight is 390 g/mol. The zero-order valence-corrected chi connectivity index (χ0v) is 11.9. The van der Waals surface area contributed by atoms with Crippen LogP contribution in [0.5, 0.6) is 5.75 Å². The fraction of sp³-hybridized carbons (Fsp3) is 0.250. The van der Waals surface area contributed by atoms with Crippen LogP contribution in [-0.4, -0.2) is 10.3 Å². The summed E-state index contributed by atoms with van der Waals surface area (Å²) in [5.41, 5.74) is 2.88. The third kappa shape index (κ3) is 2.30. The van der Waals surface area contributed by atoms with Crippen LogP contribution >= 0.6 is 47.8 Å². The van der Waals surface area contributed by atoms with Gasteiger partial charge in [0.05, 0.1) is 15.0 Å². The SMILES string of the molecule is CC(NO)c1c(Br)cc(Br)c(O)c1Br. The minimum atomic E-state index is -0.280. The van der Waals surface area contributed by atoms with Crippen molar-refractivity contribution in [1.82, 2.24) is 5.48 Å². The second-order valence-corrected chi connectivity index (χ2v) is 5.27. The van der Waals surface area contributed by atoms with Crippen LogP contribution in [0.15, 0.2) is 19.5 Å². The first-order valence-electron chi connectivity index (χ1n) is 3.75. The molecule has 1 rings (SSSR count). The molecule has 0 bridgehead atoms. The number of nitrogens with one attached hydrogen (secondary N) is 1. The molecule has 0 saturated heterocycles. The van der Waals surface area contributed by atoms with Crippen molar-refractivity contribution in [3.63, 3.8) is 0 Å². The Labute approximate surface area is 107 Å². The number of halogens is 3. The van der Waals surface area contributed by atoms with Gasteiger partial charge in [0.1, 0.15) is 5.75 Å². The van der Waals surface area contributed by atoms with Crippen molar-refractivity contribution in [2.45, 2.75) is 13.0 Å². The third-order valence-electron chi connectivity index (χ3n) is 1.81. The smallest absolute Gasteiger partial charge is 0.144 e. The van der Waals surface area contributed by atoms with Crippen LogP contribution in [-0.2, 0) is 0 Å². The predicted molar refractivity (Wildman–Crippen MR) is 64.5 cm³/mol. The van der Waals surface area contributed by atoms with Crippen molar-refractivity contribution in [2.24, 2.45) is 0 Å². The molecule has 0 aliphatic carbocycles. The first kappa shape index (κ1) is 12.4. The molecule has 0 radical (unpaired) electrons. The molecule has 1 unspecified atom stereocenters. The van der Waals surface area contributed by atoms with E-state index in [1.54, 1.807) is 13.0 Å². The monoisotopic (exact) mass is 387 g/mol. The summed E-state index contributed by atoms with van der Waals surface area (Å²) < 4.78 is 1.93. The molecule has 0 spiro atoms. The summed E-state index contributed by atoms with van der Waals surface area (Å²) in [5, 5.41) is 18.4. The van der Waals surface area contributed by atoms with Crippen LogP contribution in [0, 0.1) is 0 Å². The van der Waals surface area contributed by atoms with E-state index >= 15 is 0 Å². The van der Waals surface area contributed by atoms with Gasteiger partial charge in [0.15, 0.2) is 0 Å². The van der Waals surface area contributed by atoms with Gasteiger partial charge in [0, 0.05) is 10.0 Å². The van der Waals surface area contributed by atoms with Crippen LogP contribution in [0.2, 0.25) is 0 Å². The molecule has 3 N–H and O–H groups in total. The molecule has 0 aliphatic rings. The Morgan fingerprint density at radius 1 is 1.29 bits per heavy atom. The lowest BCUT2D eigenvalue weighted by Gasteiger charge is -2.15. The molecule has 14 heavy (non-hydrogen) atoms. The fourth-order valence-corrected chi connectivity index (χ4v) is 3.86. The number of phenolic OH excluding ortho intramolecular Hbond substituents is 1. The molecule has 1 aromatic carbocycles. The first-order chi connectivity index (χ1) is 6.49. The highest BCUT2D eigenvalue weighted by Crippen LogP contribution is 2.41. The van der Waals surface area contributed by atoms with E-state index < -0.39 is 0 Å². The summed E-state index contributed by atoms with van der Waals surface area (Å²) >= 11 is 9.82. The normalized spacial score (nSPS) is 12.9. The second-order valence-electron chi connectivity index (χ2n) is 2.77. The minimum Gasteiger partial charge on any atom is -0.506 e. The fourth-order valence-electron chi connectivity index (χ4n) is 1.06. The van der Waals surface area contributed by atoms with Crippen molar-refractivity contribution >= 4 is 47.8 Å². The molecule has 3 nitrogen and oxygen atoms in total. The number of aromatic hydroxyl groups is 1. The average Bonchev–Trinajstić information content (AvgIpc) is 2.14. The first-order valence-corrected chi connectivity index (χ1v) is 6.13. The Balaban J connectivity index is 3.36. The molecule has 0 aromatic heterocycles. The number of hydrogen-bond acceptors (Lipinski definition) is 3. The Morgan fingerprint density at radius 3 is 2.36 bits per heavy atom. The molecule has 0 heterocycles. The second kappa shape index (κ2) is 4.94. The molecule has 78 valence electrons. The van der Waals surface area contributed by atoms with E-state index in [9.17, 15) is 5.11 Å². The van der Waals surface area contributed by atoms with Crippen LogP contribution in [0.4, 0.5) is 0 Å². The van der Waals surface area contributed by atoms with E-state index in [2.05, 4.69) is 53.3 Å². The van der Waals surface area contributed by atoms with E-state index in [1.165, 1.54) is 0 Å². The van der Waals surface area contributed by atoms with Crippen LogP contribution < -0.4 is 5.48 Å². The van der Waals surface area contributed by atoms with Gasteiger partial charge in [-0.3, -0.25) is 0 Å². The highest BCUT2D eigenvalue weighted by Gasteiger charge is 2.17. The van der Waals surface area contributed by atoms with Gasteiger partial charge in [0.2, 0.25) is 0 Å². The van der Waals surface area contributed by atoms with E-state index in [0.29, 0.717) is 8.95 Å². The van der Waals surface area contributed by atoms with Gasteiger partial charge in [0.25, 0.3) is 0 Å². The largest absolute Gasteiger partial charge is 0.506 e. The van der Waals surface area contributed by atoms with Crippen molar-refractivity contribution in [3.05, 3.63) is 25.0 Å². The molecular weight excluding hydrogens is 382 g/mol. The van der Waals surface area contributed by atoms with Gasteiger partial charge in [-0.2, -0.15) is 5.48 Å². The minimum absolute atomic E-state index is 0.116. The third-order valence-corrected chi connectivity index (χ3v) is 3.87. The molecule has 0 amide bonds. The van der Waals surface area contributed by atoms with Crippen molar-refractivity contribution in [3.8, 4) is 5.75 Å². The number of hydroxylamine groups is 1. The topological polar surface area (TPSA) is 52.5 Å². The zero-order valence-electron chi connectivity index (χ0n) is 7.18. The Hall–Kier alpha value is 0.380. The van der Waals surface area contributed by atoms with Crippen molar-refractivity contribution in [1.29, 1.82) is 0 Å². The predicted octanol–water partition coefficient (Wildman–Crippen LogP) is 3.72. The molecular formula is C8H8Br3NO2. The molecule has 0 aliphatic heterocycles. The standard InChI is InChI=1S/C8H8Br3NO2/c1-3(12-14)6-4(9)2-5(10)8(13)7(6)11/h2-3,12-14H,1H3. The number of benzene rings is 1. The maximum atomic E-state index is 9.63. The quantitative estimate of drug-likeness (QED) is 0.676. The summed E-state index contributed by atoms with van der Waals surface area (Å²) in [7, 11) is 0. The summed E-state index contributed by atoms with van der Waals surface area (Å²) in [6, 6.07) is 1.45. The van der Waals surface area contributed by atoms with Gasteiger partial charge >= 0.3 is 0 Å². The number of phenols is 1. The maximum Gasteiger partial charge on any atom is 0.144 e. The summed E-state index contributed by atoms with van der Waals surface area (Å²) in [6.45, 7) is 1.78. The number of hydrogen-bond donors (Lipinski definition) is 3. The van der Waals surface area contributed by atoms with Gasteiger partial charge < -0.3 is 10.3 Å². The zero-order chi connectivity index (χ0) is 10.9. The molecule has 0 fully saturated rings. The van der Waals surface area contributed by atoms with Gasteiger partial charge in [-0.05, 0) is 44.8 Å². The van der Waals surface area contributed by atoms with E-state index in [1.807, 2.05) is 0 Å². The summed E-state index contributed by atoms with van der Waals surface area (Å²) in [4.78, 5) is 0. The van der Waals surface area contributed by atoms with Gasteiger partial charge in [-0.25, -0.2) is 0 Å². The highest BCUT2D eigenvalue weighted by atomic mass is 79.9. The van der Waals surface area contributed by atoms with E-state index in [4.69, 9.17) is 5.21 Å². The Kier molecular flexibility index (Phi) is 4.39. The highest BCUT2D eigenvalue weighted by molar-refractivity contribution is 9.11. The van der Waals surface area contributed by atoms with Crippen molar-refractivity contribution in [2.75, 3.05) is 0 Å². The van der Waals surface area contributed by atoms with Crippen LogP contribution in [0.1, 0.15) is 18.5 Å². The molecule has 1 atom stereocenters. The van der Waals surface area contributed by atoms with Crippen LogP contribution in [0.3, 0.4) is 0 Å². The molecule has 0 saturated carbocycles. The Morgan fingerprint density at radius 2 is 1.86 bits per heavy atom. The molecule has 1 aromatic rings. The van der Waals surface area contributed by atoms with Crippen LogP contribution in [0.25, 0.3) is 0 Å². The van der Waals surface area contributed by atoms with E-state index in [0.717, 1.165) is 10.0 Å². The van der Waals surface area contributed by atoms with Crippen molar-refractivity contribution < 1.29 is 10.3 Å². The summed E-state index contributed by atoms with van der Waals surface area (Å²) in [6.07, 6.45) is 0. The number of rotatable bonds is 2. The summed E-state index contributed by atoms with van der Waals surface area (Å²) in [5.74, 6) is 0.116. The lowest BCUT2D eigenvalue weighted by atomic mass is 10.1.